The van der Waals surface area contributed by atoms with E-state index in [1.807, 2.05) is 0 Å². The zero-order chi connectivity index (χ0) is 13.5. The average Bonchev–Trinajstić information content (AvgIpc) is 2.96. The number of hydrogen-bond donors (Lipinski definition) is 1. The van der Waals surface area contributed by atoms with Crippen LogP contribution in [0.15, 0.2) is 12.3 Å². The third-order valence-corrected chi connectivity index (χ3v) is 4.24. The number of aromatic amines is 1. The van der Waals surface area contributed by atoms with Gasteiger partial charge in [-0.2, -0.15) is 5.10 Å². The summed E-state index contributed by atoms with van der Waals surface area (Å²) in [6.07, 6.45) is 8.72. The van der Waals surface area contributed by atoms with Crippen LogP contribution in [0.5, 0.6) is 0 Å². The highest BCUT2D eigenvalue weighted by Crippen LogP contribution is 2.47. The molecule has 2 aliphatic rings. The molecule has 4 heteroatoms. The van der Waals surface area contributed by atoms with Gasteiger partial charge in [0.05, 0.1) is 23.5 Å². The predicted octanol–water partition coefficient (Wildman–Crippen LogP) is 2.97. The summed E-state index contributed by atoms with van der Waals surface area (Å²) in [5, 5.41) is 6.96. The lowest BCUT2D eigenvalue weighted by atomic mass is 9.76. The second-order valence-electron chi connectivity index (χ2n) is 6.55. The van der Waals surface area contributed by atoms with Gasteiger partial charge in [-0.15, -0.1) is 0 Å². The van der Waals surface area contributed by atoms with Crippen LogP contribution in [-0.2, 0) is 4.74 Å². The van der Waals surface area contributed by atoms with Crippen LogP contribution in [0.3, 0.4) is 0 Å². The maximum absolute atomic E-state index is 11.0. The van der Waals surface area contributed by atoms with Gasteiger partial charge in [-0.05, 0) is 36.7 Å². The molecule has 4 nitrogen and oxygen atoms in total. The highest BCUT2D eigenvalue weighted by molar-refractivity contribution is 5.83. The summed E-state index contributed by atoms with van der Waals surface area (Å²) in [6, 6.07) is 0. The molecule has 1 saturated heterocycles. The summed E-state index contributed by atoms with van der Waals surface area (Å²) in [6.45, 7) is 5.37. The Morgan fingerprint density at radius 1 is 1.47 bits per heavy atom. The molecule has 1 spiro atoms. The number of rotatable bonds is 2. The van der Waals surface area contributed by atoms with E-state index in [1.165, 1.54) is 5.57 Å². The first kappa shape index (κ1) is 12.6. The predicted molar refractivity (Wildman–Crippen MR) is 72.9 cm³/mol. The van der Waals surface area contributed by atoms with E-state index in [-0.39, 0.29) is 11.0 Å². The van der Waals surface area contributed by atoms with Gasteiger partial charge >= 0.3 is 0 Å². The molecule has 0 bridgehead atoms. The molecule has 0 radical (unpaired) electrons. The molecule has 2 heterocycles. The molecule has 1 aliphatic heterocycles. The summed E-state index contributed by atoms with van der Waals surface area (Å²) in [5.74, 6) is 0. The lowest BCUT2D eigenvalue weighted by Gasteiger charge is -2.32. The Kier molecular flexibility index (Phi) is 2.86. The molecule has 1 aliphatic carbocycles. The first-order valence-corrected chi connectivity index (χ1v) is 6.86. The smallest absolute Gasteiger partial charge is 0.153 e. The van der Waals surface area contributed by atoms with Crippen LogP contribution in [0, 0.1) is 5.41 Å². The molecule has 1 aromatic heterocycles. The number of carbonyl (C=O) groups excluding carboxylic acids is 1. The van der Waals surface area contributed by atoms with Gasteiger partial charge in [-0.1, -0.05) is 19.9 Å². The van der Waals surface area contributed by atoms with Gasteiger partial charge in [-0.3, -0.25) is 9.89 Å². The Hall–Kier alpha value is -1.42. The Morgan fingerprint density at radius 2 is 2.32 bits per heavy atom. The summed E-state index contributed by atoms with van der Waals surface area (Å²) in [7, 11) is 0. The van der Waals surface area contributed by atoms with Crippen LogP contribution in [0.2, 0.25) is 0 Å². The Bertz CT molecular complexity index is 530. The third-order valence-electron chi connectivity index (χ3n) is 4.24. The zero-order valence-corrected chi connectivity index (χ0v) is 11.5. The molecule has 0 amide bonds. The van der Waals surface area contributed by atoms with Gasteiger partial charge in [0.2, 0.25) is 0 Å². The molecule has 102 valence electrons. The average molecular weight is 260 g/mol. The highest BCUT2D eigenvalue weighted by Gasteiger charge is 2.44. The number of nitrogens with zero attached hydrogens (tertiary/aromatic N) is 1. The fourth-order valence-corrected chi connectivity index (χ4v) is 3.35. The van der Waals surface area contributed by atoms with Crippen molar-refractivity contribution in [2.75, 3.05) is 6.61 Å². The van der Waals surface area contributed by atoms with Crippen molar-refractivity contribution in [3.8, 4) is 0 Å². The van der Waals surface area contributed by atoms with Crippen LogP contribution in [-0.4, -0.2) is 28.7 Å². The van der Waals surface area contributed by atoms with E-state index in [0.717, 1.165) is 44.3 Å². The highest BCUT2D eigenvalue weighted by atomic mass is 16.5. The summed E-state index contributed by atoms with van der Waals surface area (Å²) in [5.41, 5.74) is 2.93. The topological polar surface area (TPSA) is 55.0 Å². The number of H-pyrrole nitrogens is 1. The minimum Gasteiger partial charge on any atom is -0.374 e. The normalized spacial score (nSPS) is 29.5. The van der Waals surface area contributed by atoms with Crippen LogP contribution in [0.1, 0.15) is 55.6 Å². The lowest BCUT2D eigenvalue weighted by Crippen LogP contribution is -2.30. The Labute approximate surface area is 113 Å². The first-order chi connectivity index (χ1) is 9.04. The molecule has 1 aromatic rings. The Morgan fingerprint density at radius 3 is 2.89 bits per heavy atom. The molecule has 1 N–H and O–H groups in total. The number of carbonyl (C=O) groups is 1. The van der Waals surface area contributed by atoms with Crippen molar-refractivity contribution < 1.29 is 9.53 Å². The van der Waals surface area contributed by atoms with E-state index in [9.17, 15) is 4.79 Å². The summed E-state index contributed by atoms with van der Waals surface area (Å²) in [4.78, 5) is 11.0. The SMILES string of the molecule is CC1(C)COC2(CC=C(c3n[nH]cc3C=O)CC2)C1. The minimum atomic E-state index is 0.0185. The Balaban J connectivity index is 1.80. The van der Waals surface area contributed by atoms with Gasteiger partial charge < -0.3 is 4.74 Å². The number of nitrogens with one attached hydrogen (secondary N) is 1. The molecule has 0 aromatic carbocycles. The van der Waals surface area contributed by atoms with Crippen LogP contribution in [0.4, 0.5) is 0 Å². The fourth-order valence-electron chi connectivity index (χ4n) is 3.35. The van der Waals surface area contributed by atoms with Crippen molar-refractivity contribution in [1.82, 2.24) is 10.2 Å². The van der Waals surface area contributed by atoms with Gasteiger partial charge in [-0.25, -0.2) is 0 Å². The van der Waals surface area contributed by atoms with Gasteiger partial charge in [0.1, 0.15) is 0 Å². The maximum Gasteiger partial charge on any atom is 0.153 e. The lowest BCUT2D eigenvalue weighted by molar-refractivity contribution is -0.00367. The van der Waals surface area contributed by atoms with Gasteiger partial charge in [0.25, 0.3) is 0 Å². The van der Waals surface area contributed by atoms with Crippen LogP contribution < -0.4 is 0 Å². The third kappa shape index (κ3) is 2.25. The standard InChI is InChI=1S/C15H20N2O2/c1-14(2)9-15(19-10-14)5-3-11(4-6-15)13-12(8-18)7-16-17-13/h3,7-8H,4-6,9-10H2,1-2H3,(H,16,17). The van der Waals surface area contributed by atoms with E-state index in [4.69, 9.17) is 4.74 Å². The van der Waals surface area contributed by atoms with Crippen molar-refractivity contribution in [2.45, 2.75) is 45.1 Å². The van der Waals surface area contributed by atoms with E-state index in [2.05, 4.69) is 30.1 Å². The maximum atomic E-state index is 11.0. The molecule has 1 atom stereocenters. The molecule has 3 rings (SSSR count). The van der Waals surface area contributed by atoms with Crippen molar-refractivity contribution in [3.63, 3.8) is 0 Å². The first-order valence-electron chi connectivity index (χ1n) is 6.86. The summed E-state index contributed by atoms with van der Waals surface area (Å²) >= 11 is 0. The molecule has 0 saturated carbocycles. The number of ether oxygens (including phenoxy) is 1. The number of allylic oxidation sites excluding steroid dienone is 1. The quantitative estimate of drug-likeness (QED) is 0.832. The van der Waals surface area contributed by atoms with Crippen LogP contribution in [0.25, 0.3) is 5.57 Å². The van der Waals surface area contributed by atoms with Gasteiger partial charge in [0.15, 0.2) is 6.29 Å². The molecule has 1 unspecified atom stereocenters. The van der Waals surface area contributed by atoms with E-state index in [1.54, 1.807) is 6.20 Å². The van der Waals surface area contributed by atoms with Crippen molar-refractivity contribution in [1.29, 1.82) is 0 Å². The van der Waals surface area contributed by atoms with E-state index < -0.39 is 0 Å². The van der Waals surface area contributed by atoms with Gasteiger partial charge in [0, 0.05) is 6.20 Å². The monoisotopic (exact) mass is 260 g/mol. The number of aldehydes is 1. The molecule has 19 heavy (non-hydrogen) atoms. The van der Waals surface area contributed by atoms with E-state index >= 15 is 0 Å². The largest absolute Gasteiger partial charge is 0.374 e. The summed E-state index contributed by atoms with van der Waals surface area (Å²) < 4.78 is 6.08. The molecular weight excluding hydrogens is 240 g/mol. The zero-order valence-electron chi connectivity index (χ0n) is 11.5. The fraction of sp³-hybridized carbons (Fsp3) is 0.600. The second-order valence-corrected chi connectivity index (χ2v) is 6.55. The molecule has 1 fully saturated rings. The van der Waals surface area contributed by atoms with Crippen molar-refractivity contribution in [2.24, 2.45) is 5.41 Å². The number of aromatic nitrogens is 2. The van der Waals surface area contributed by atoms with Crippen LogP contribution >= 0.6 is 0 Å². The van der Waals surface area contributed by atoms with Crippen molar-refractivity contribution in [3.05, 3.63) is 23.5 Å². The number of hydrogen-bond acceptors (Lipinski definition) is 3. The van der Waals surface area contributed by atoms with E-state index in [0.29, 0.717) is 5.56 Å². The molecular formula is C15H20N2O2. The second kappa shape index (κ2) is 4.30. The minimum absolute atomic E-state index is 0.0185. The van der Waals surface area contributed by atoms with Crippen molar-refractivity contribution >= 4 is 11.9 Å².